The Bertz CT molecular complexity index is 916. The van der Waals surface area contributed by atoms with E-state index in [9.17, 15) is 14.0 Å². The maximum absolute atomic E-state index is 13.1. The van der Waals surface area contributed by atoms with Gasteiger partial charge in [0.25, 0.3) is 5.91 Å². The van der Waals surface area contributed by atoms with Gasteiger partial charge in [-0.2, -0.15) is 0 Å². The highest BCUT2D eigenvalue weighted by Gasteiger charge is 2.34. The third-order valence-electron chi connectivity index (χ3n) is 5.70. The lowest BCUT2D eigenvalue weighted by molar-refractivity contribution is -0.134. The van der Waals surface area contributed by atoms with Crippen LogP contribution in [0.15, 0.2) is 48.5 Å². The number of amides is 2. The Balaban J connectivity index is 1.26. The highest BCUT2D eigenvalue weighted by molar-refractivity contribution is 6.30. The lowest BCUT2D eigenvalue weighted by atomic mass is 9.99. The zero-order valence-corrected chi connectivity index (χ0v) is 17.2. The van der Waals surface area contributed by atoms with E-state index in [-0.39, 0.29) is 35.8 Å². The molecule has 0 aliphatic carbocycles. The zero-order chi connectivity index (χ0) is 21.1. The molecule has 6 nitrogen and oxygen atoms in total. The van der Waals surface area contributed by atoms with Gasteiger partial charge in [-0.1, -0.05) is 29.8 Å². The molecular weight excluding hydrogens is 407 g/mol. The van der Waals surface area contributed by atoms with Crippen LogP contribution in [0.25, 0.3) is 0 Å². The van der Waals surface area contributed by atoms with Crippen LogP contribution in [0.5, 0.6) is 0 Å². The third kappa shape index (κ3) is 4.80. The van der Waals surface area contributed by atoms with Crippen LogP contribution in [0.1, 0.15) is 41.2 Å². The molecule has 2 unspecified atom stereocenters. The van der Waals surface area contributed by atoms with Crippen LogP contribution in [0.4, 0.5) is 4.39 Å². The van der Waals surface area contributed by atoms with Crippen molar-refractivity contribution in [2.24, 2.45) is 0 Å². The first kappa shape index (κ1) is 20.8. The highest BCUT2D eigenvalue weighted by atomic mass is 35.5. The Morgan fingerprint density at radius 1 is 1.07 bits per heavy atom. The fourth-order valence-electron chi connectivity index (χ4n) is 3.99. The Kier molecular flexibility index (Phi) is 6.32. The summed E-state index contributed by atoms with van der Waals surface area (Å²) >= 11 is 5.95. The summed E-state index contributed by atoms with van der Waals surface area (Å²) in [5.74, 6) is -0.375. The number of carbonyl (C=O) groups excluding carboxylic acids is 2. The number of nitrogens with one attached hydrogen (secondary N) is 3. The number of benzene rings is 2. The normalized spacial score (nSPS) is 22.1. The molecule has 2 aromatic carbocycles. The number of piperidine rings is 1. The second-order valence-corrected chi connectivity index (χ2v) is 8.20. The first-order chi connectivity index (χ1) is 14.5. The molecule has 2 heterocycles. The molecule has 0 radical (unpaired) electrons. The van der Waals surface area contributed by atoms with Crippen LogP contribution in [0.2, 0.25) is 5.02 Å². The van der Waals surface area contributed by atoms with E-state index >= 15 is 0 Å². The van der Waals surface area contributed by atoms with Gasteiger partial charge in [-0.3, -0.25) is 9.59 Å². The average Bonchev–Trinajstić information content (AvgIpc) is 3.24. The quantitative estimate of drug-likeness (QED) is 0.697. The largest absolute Gasteiger partial charge is 0.349 e. The number of carbonyl (C=O) groups is 2. The molecule has 2 aliphatic heterocycles. The zero-order valence-electron chi connectivity index (χ0n) is 16.4. The molecule has 2 fully saturated rings. The van der Waals surface area contributed by atoms with Crippen molar-refractivity contribution in [1.82, 2.24) is 21.1 Å². The summed E-state index contributed by atoms with van der Waals surface area (Å²) in [4.78, 5) is 27.1. The molecule has 2 aliphatic rings. The first-order valence-corrected chi connectivity index (χ1v) is 10.5. The maximum Gasteiger partial charge on any atom is 0.251 e. The summed E-state index contributed by atoms with van der Waals surface area (Å²) in [6.07, 6.45) is 2.02. The van der Waals surface area contributed by atoms with E-state index in [1.54, 1.807) is 36.4 Å². The van der Waals surface area contributed by atoms with E-state index in [1.165, 1.54) is 12.1 Å². The van der Waals surface area contributed by atoms with Gasteiger partial charge in [0.2, 0.25) is 5.91 Å². The van der Waals surface area contributed by atoms with E-state index in [1.807, 2.05) is 4.90 Å². The molecule has 0 saturated carbocycles. The van der Waals surface area contributed by atoms with Crippen molar-refractivity contribution < 1.29 is 14.0 Å². The lowest BCUT2D eigenvalue weighted by Crippen LogP contribution is -2.51. The van der Waals surface area contributed by atoms with Crippen molar-refractivity contribution in [3.63, 3.8) is 0 Å². The van der Waals surface area contributed by atoms with Crippen LogP contribution in [-0.4, -0.2) is 41.9 Å². The van der Waals surface area contributed by atoms with Gasteiger partial charge in [0, 0.05) is 35.8 Å². The number of hydrazine groups is 1. The summed E-state index contributed by atoms with van der Waals surface area (Å²) in [6.45, 7) is 1.19. The van der Waals surface area contributed by atoms with Crippen LogP contribution in [0, 0.1) is 5.82 Å². The first-order valence-electron chi connectivity index (χ1n) is 10.1. The smallest absolute Gasteiger partial charge is 0.251 e. The molecule has 0 aromatic heterocycles. The summed E-state index contributed by atoms with van der Waals surface area (Å²) in [5, 5.41) is 3.56. The minimum absolute atomic E-state index is 0.0298. The molecule has 2 aromatic rings. The number of hydrogen-bond donors (Lipinski definition) is 3. The van der Waals surface area contributed by atoms with E-state index in [0.717, 1.165) is 5.56 Å². The molecule has 2 amide bonds. The number of likely N-dealkylation sites (tertiary alicyclic amines) is 1. The molecule has 30 heavy (non-hydrogen) atoms. The molecule has 3 N–H and O–H groups in total. The number of nitrogens with zero attached hydrogens (tertiary/aromatic N) is 1. The van der Waals surface area contributed by atoms with Gasteiger partial charge in [0.15, 0.2) is 0 Å². The molecule has 0 bridgehead atoms. The molecular formula is C22H24ClFN4O2. The molecule has 4 rings (SSSR count). The molecule has 0 spiro atoms. The predicted octanol–water partition coefficient (Wildman–Crippen LogP) is 2.81. The van der Waals surface area contributed by atoms with Crippen molar-refractivity contribution in [3.8, 4) is 0 Å². The van der Waals surface area contributed by atoms with E-state index in [2.05, 4.69) is 16.2 Å². The summed E-state index contributed by atoms with van der Waals surface area (Å²) in [5.41, 5.74) is 7.68. The topological polar surface area (TPSA) is 73.5 Å². The second kappa shape index (κ2) is 9.12. The van der Waals surface area contributed by atoms with Crippen molar-refractivity contribution >= 4 is 23.4 Å². The van der Waals surface area contributed by atoms with E-state index in [0.29, 0.717) is 42.9 Å². The molecule has 2 saturated heterocycles. The number of halogens is 2. The van der Waals surface area contributed by atoms with Crippen molar-refractivity contribution in [1.29, 1.82) is 0 Å². The van der Waals surface area contributed by atoms with Gasteiger partial charge in [-0.15, -0.1) is 0 Å². The Hall–Kier alpha value is -2.48. The van der Waals surface area contributed by atoms with Crippen molar-refractivity contribution in [2.75, 3.05) is 13.1 Å². The number of rotatable bonds is 4. The van der Waals surface area contributed by atoms with Crippen LogP contribution >= 0.6 is 11.6 Å². The van der Waals surface area contributed by atoms with E-state index in [4.69, 9.17) is 11.6 Å². The van der Waals surface area contributed by atoms with Crippen molar-refractivity contribution in [2.45, 2.75) is 37.4 Å². The van der Waals surface area contributed by atoms with Gasteiger partial charge in [-0.05, 0) is 55.2 Å². The SMILES string of the molecule is O=C(NC1CCN(C(=O)C2CC(c3ccc(F)cc3)NN2)CC1)c1cccc(Cl)c1. The molecule has 8 heteroatoms. The Morgan fingerprint density at radius 3 is 2.50 bits per heavy atom. The molecule has 2 atom stereocenters. The predicted molar refractivity (Wildman–Crippen MR) is 112 cm³/mol. The van der Waals surface area contributed by atoms with Crippen molar-refractivity contribution in [3.05, 3.63) is 70.5 Å². The lowest BCUT2D eigenvalue weighted by Gasteiger charge is -2.33. The van der Waals surface area contributed by atoms with Crippen LogP contribution in [0.3, 0.4) is 0 Å². The summed E-state index contributed by atoms with van der Waals surface area (Å²) in [6, 6.07) is 12.8. The van der Waals surface area contributed by atoms with Crippen LogP contribution < -0.4 is 16.2 Å². The standard InChI is InChI=1S/C22H24ClFN4O2/c23-16-3-1-2-15(12-16)21(29)25-18-8-10-28(11-9-18)22(30)20-13-19(26-27-20)14-4-6-17(24)7-5-14/h1-7,12,18-20,26-27H,8-11,13H2,(H,25,29). The van der Waals surface area contributed by atoms with Gasteiger partial charge in [0.1, 0.15) is 11.9 Å². The maximum atomic E-state index is 13.1. The summed E-state index contributed by atoms with van der Waals surface area (Å²) < 4.78 is 13.1. The second-order valence-electron chi connectivity index (χ2n) is 7.76. The molecule has 158 valence electrons. The summed E-state index contributed by atoms with van der Waals surface area (Å²) in [7, 11) is 0. The van der Waals surface area contributed by atoms with Gasteiger partial charge in [-0.25, -0.2) is 15.2 Å². The monoisotopic (exact) mass is 430 g/mol. The minimum atomic E-state index is -0.322. The van der Waals surface area contributed by atoms with Gasteiger partial charge < -0.3 is 10.2 Å². The van der Waals surface area contributed by atoms with Gasteiger partial charge >= 0.3 is 0 Å². The Labute approximate surface area is 179 Å². The minimum Gasteiger partial charge on any atom is -0.349 e. The van der Waals surface area contributed by atoms with Crippen LogP contribution in [-0.2, 0) is 4.79 Å². The Morgan fingerprint density at radius 2 is 1.80 bits per heavy atom. The third-order valence-corrected chi connectivity index (χ3v) is 5.94. The fraction of sp³-hybridized carbons (Fsp3) is 0.364. The van der Waals surface area contributed by atoms with Gasteiger partial charge in [0.05, 0.1) is 0 Å². The average molecular weight is 431 g/mol. The highest BCUT2D eigenvalue weighted by Crippen LogP contribution is 2.24. The van der Waals surface area contributed by atoms with E-state index < -0.39 is 0 Å². The number of hydrogen-bond acceptors (Lipinski definition) is 4. The fourth-order valence-corrected chi connectivity index (χ4v) is 4.19.